The Hall–Kier alpha value is -2.21. The summed E-state index contributed by atoms with van der Waals surface area (Å²) < 4.78 is 0. The summed E-state index contributed by atoms with van der Waals surface area (Å²) in [5.74, 6) is -0.664. The Balaban J connectivity index is 1.81. The smallest absolute Gasteiger partial charge is 0.335 e. The number of hydrogen-bond donors (Lipinski definition) is 1. The van der Waals surface area contributed by atoms with Gasteiger partial charge in [0.25, 0.3) is 5.91 Å². The molecular weight excluding hydrogens is 312 g/mol. The number of carboxylic acid groups (broad SMARTS) is 1. The maximum atomic E-state index is 12.6. The van der Waals surface area contributed by atoms with E-state index in [9.17, 15) is 9.59 Å². The maximum absolute atomic E-state index is 12.6. The van der Waals surface area contributed by atoms with E-state index in [0.29, 0.717) is 23.9 Å². The molecule has 0 fully saturated rings. The molecule has 0 saturated carbocycles. The number of carboxylic acids is 1. The molecule has 1 N–H and O–H groups in total. The highest BCUT2D eigenvalue weighted by Gasteiger charge is 2.24. The van der Waals surface area contributed by atoms with Crippen LogP contribution in [0, 0.1) is 0 Å². The first-order chi connectivity index (χ1) is 11.0. The van der Waals surface area contributed by atoms with E-state index in [2.05, 4.69) is 18.8 Å². The Labute approximate surface area is 138 Å². The predicted molar refractivity (Wildman–Crippen MR) is 88.0 cm³/mol. The molecule has 2 aromatic rings. The van der Waals surface area contributed by atoms with Crippen molar-refractivity contribution in [3.05, 3.63) is 51.0 Å². The van der Waals surface area contributed by atoms with Crippen molar-refractivity contribution < 1.29 is 14.7 Å². The minimum atomic E-state index is -0.944. The SMILES string of the molecule is CC(C)c1ncc(C(=O)N2CCc3ccc(C(=O)O)cc3C2)s1. The molecule has 0 unspecified atom stereocenters. The summed E-state index contributed by atoms with van der Waals surface area (Å²) in [5, 5.41) is 10.1. The number of nitrogens with zero attached hydrogens (tertiary/aromatic N) is 2. The van der Waals surface area contributed by atoms with Crippen LogP contribution in [-0.4, -0.2) is 33.4 Å². The molecule has 0 bridgehead atoms. The Bertz CT molecular complexity index is 767. The molecule has 6 heteroatoms. The highest BCUT2D eigenvalue weighted by atomic mass is 32.1. The van der Waals surface area contributed by atoms with Crippen LogP contribution in [0.3, 0.4) is 0 Å². The molecule has 0 aliphatic carbocycles. The van der Waals surface area contributed by atoms with Gasteiger partial charge in [0.1, 0.15) is 4.88 Å². The van der Waals surface area contributed by atoms with Crippen molar-refractivity contribution in [2.24, 2.45) is 0 Å². The van der Waals surface area contributed by atoms with Gasteiger partial charge in [-0.25, -0.2) is 9.78 Å². The molecule has 1 aromatic carbocycles. The van der Waals surface area contributed by atoms with Gasteiger partial charge in [0.05, 0.1) is 16.8 Å². The van der Waals surface area contributed by atoms with Gasteiger partial charge in [-0.15, -0.1) is 11.3 Å². The summed E-state index contributed by atoms with van der Waals surface area (Å²) in [6.07, 6.45) is 2.39. The molecule has 3 rings (SSSR count). The Morgan fingerprint density at radius 1 is 1.30 bits per heavy atom. The first-order valence-electron chi connectivity index (χ1n) is 7.56. The van der Waals surface area contributed by atoms with E-state index in [4.69, 9.17) is 5.11 Å². The van der Waals surface area contributed by atoms with Crippen LogP contribution in [0.4, 0.5) is 0 Å². The summed E-state index contributed by atoms with van der Waals surface area (Å²) in [5.41, 5.74) is 2.29. The van der Waals surface area contributed by atoms with Gasteiger partial charge in [-0.3, -0.25) is 4.79 Å². The van der Waals surface area contributed by atoms with E-state index in [0.717, 1.165) is 22.6 Å². The second-order valence-electron chi connectivity index (χ2n) is 5.98. The zero-order valence-electron chi connectivity index (χ0n) is 13.1. The van der Waals surface area contributed by atoms with Crippen LogP contribution >= 0.6 is 11.3 Å². The minimum absolute atomic E-state index is 0.0271. The summed E-state index contributed by atoms with van der Waals surface area (Å²) in [6.45, 7) is 5.20. The summed E-state index contributed by atoms with van der Waals surface area (Å²) in [4.78, 5) is 30.5. The summed E-state index contributed by atoms with van der Waals surface area (Å²) >= 11 is 1.44. The molecule has 23 heavy (non-hydrogen) atoms. The number of benzene rings is 1. The molecule has 0 spiro atoms. The molecule has 0 radical (unpaired) electrons. The van der Waals surface area contributed by atoms with Crippen LogP contribution in [-0.2, 0) is 13.0 Å². The maximum Gasteiger partial charge on any atom is 0.335 e. The third-order valence-corrected chi connectivity index (χ3v) is 5.27. The first-order valence-corrected chi connectivity index (χ1v) is 8.37. The molecule has 1 aromatic heterocycles. The average molecular weight is 330 g/mol. The Morgan fingerprint density at radius 2 is 2.09 bits per heavy atom. The number of amides is 1. The van der Waals surface area contributed by atoms with Crippen LogP contribution in [0.5, 0.6) is 0 Å². The molecular formula is C17H18N2O3S. The number of rotatable bonds is 3. The van der Waals surface area contributed by atoms with E-state index < -0.39 is 5.97 Å². The molecule has 120 valence electrons. The number of carbonyl (C=O) groups is 2. The van der Waals surface area contributed by atoms with Crippen molar-refractivity contribution in [2.75, 3.05) is 6.54 Å². The monoisotopic (exact) mass is 330 g/mol. The van der Waals surface area contributed by atoms with Crippen LogP contribution in [0.2, 0.25) is 0 Å². The lowest BCUT2D eigenvalue weighted by atomic mass is 9.97. The minimum Gasteiger partial charge on any atom is -0.478 e. The fourth-order valence-corrected chi connectivity index (χ4v) is 3.56. The lowest BCUT2D eigenvalue weighted by Crippen LogP contribution is -2.35. The van der Waals surface area contributed by atoms with Crippen molar-refractivity contribution in [1.82, 2.24) is 9.88 Å². The number of aromatic nitrogens is 1. The van der Waals surface area contributed by atoms with Crippen LogP contribution in [0.15, 0.2) is 24.4 Å². The lowest BCUT2D eigenvalue weighted by Gasteiger charge is -2.28. The van der Waals surface area contributed by atoms with Gasteiger partial charge in [0, 0.05) is 19.0 Å². The van der Waals surface area contributed by atoms with Gasteiger partial charge in [-0.1, -0.05) is 19.9 Å². The molecule has 0 saturated heterocycles. The third-order valence-electron chi connectivity index (χ3n) is 3.98. The largest absolute Gasteiger partial charge is 0.478 e. The van der Waals surface area contributed by atoms with Crippen molar-refractivity contribution in [2.45, 2.75) is 32.7 Å². The topological polar surface area (TPSA) is 70.5 Å². The third kappa shape index (κ3) is 3.12. The fourth-order valence-electron chi connectivity index (χ4n) is 2.67. The van der Waals surface area contributed by atoms with Crippen LogP contribution in [0.25, 0.3) is 0 Å². The van der Waals surface area contributed by atoms with Crippen molar-refractivity contribution in [3.8, 4) is 0 Å². The van der Waals surface area contributed by atoms with E-state index >= 15 is 0 Å². The van der Waals surface area contributed by atoms with Crippen molar-refractivity contribution in [1.29, 1.82) is 0 Å². The quantitative estimate of drug-likeness (QED) is 0.938. The molecule has 5 nitrogen and oxygen atoms in total. The van der Waals surface area contributed by atoms with Crippen molar-refractivity contribution in [3.63, 3.8) is 0 Å². The van der Waals surface area contributed by atoms with Crippen molar-refractivity contribution >= 4 is 23.2 Å². The number of hydrogen-bond acceptors (Lipinski definition) is 4. The van der Waals surface area contributed by atoms with Gasteiger partial charge >= 0.3 is 5.97 Å². The molecule has 1 amide bonds. The van der Waals surface area contributed by atoms with Gasteiger partial charge in [-0.05, 0) is 29.7 Å². The van der Waals surface area contributed by atoms with Gasteiger partial charge in [-0.2, -0.15) is 0 Å². The average Bonchev–Trinajstić information content (AvgIpc) is 3.03. The van der Waals surface area contributed by atoms with E-state index in [-0.39, 0.29) is 11.5 Å². The predicted octanol–water partition coefficient (Wildman–Crippen LogP) is 3.16. The van der Waals surface area contributed by atoms with Gasteiger partial charge in [0.15, 0.2) is 0 Å². The zero-order valence-corrected chi connectivity index (χ0v) is 13.9. The van der Waals surface area contributed by atoms with Crippen LogP contribution in [0.1, 0.15) is 55.9 Å². The standard InChI is InChI=1S/C17H18N2O3S/c1-10(2)15-18-8-14(23-15)16(20)19-6-5-11-3-4-12(17(21)22)7-13(11)9-19/h3-4,7-8,10H,5-6,9H2,1-2H3,(H,21,22). The molecule has 1 aliphatic rings. The number of thiazole rings is 1. The van der Waals surface area contributed by atoms with Gasteiger partial charge < -0.3 is 10.0 Å². The zero-order chi connectivity index (χ0) is 16.6. The van der Waals surface area contributed by atoms with E-state index in [1.54, 1.807) is 23.2 Å². The number of fused-ring (bicyclic) bond motifs is 1. The number of carbonyl (C=O) groups excluding carboxylic acids is 1. The summed E-state index contributed by atoms with van der Waals surface area (Å²) in [6, 6.07) is 5.14. The Kier molecular flexibility index (Phi) is 4.17. The molecule has 1 aliphatic heterocycles. The fraction of sp³-hybridized carbons (Fsp3) is 0.353. The van der Waals surface area contributed by atoms with Gasteiger partial charge in [0.2, 0.25) is 0 Å². The lowest BCUT2D eigenvalue weighted by molar-refractivity contribution is 0.0696. The molecule has 2 heterocycles. The highest BCUT2D eigenvalue weighted by molar-refractivity contribution is 7.13. The van der Waals surface area contributed by atoms with E-state index in [1.807, 2.05) is 6.07 Å². The summed E-state index contributed by atoms with van der Waals surface area (Å²) in [7, 11) is 0. The first kappa shape index (κ1) is 15.7. The normalized spacial score (nSPS) is 14.0. The Morgan fingerprint density at radius 3 is 2.74 bits per heavy atom. The van der Waals surface area contributed by atoms with E-state index in [1.165, 1.54) is 11.3 Å². The number of aromatic carboxylic acids is 1. The second kappa shape index (κ2) is 6.12. The molecule has 0 atom stereocenters. The highest BCUT2D eigenvalue weighted by Crippen LogP contribution is 2.26. The van der Waals surface area contributed by atoms with Crippen LogP contribution < -0.4 is 0 Å². The second-order valence-corrected chi connectivity index (χ2v) is 7.05.